The van der Waals surface area contributed by atoms with Crippen molar-refractivity contribution in [2.24, 2.45) is 0 Å². The Morgan fingerprint density at radius 2 is 1.85 bits per heavy atom. The van der Waals surface area contributed by atoms with Gasteiger partial charge in [0.1, 0.15) is 0 Å². The number of nitrogens with one attached hydrogen (secondary N) is 1. The van der Waals surface area contributed by atoms with Crippen LogP contribution in [0.15, 0.2) is 36.4 Å². The number of carbonyl (C=O) groups is 1. The first-order chi connectivity index (χ1) is 12.4. The molecule has 26 heavy (non-hydrogen) atoms. The first kappa shape index (κ1) is 16.6. The maximum Gasteiger partial charge on any atom is 0.270 e. The number of hydrogen-bond acceptors (Lipinski definition) is 6. The number of fused-ring (bicyclic) bond motifs is 2. The van der Waals surface area contributed by atoms with Gasteiger partial charge in [-0.25, -0.2) is 4.98 Å². The van der Waals surface area contributed by atoms with Gasteiger partial charge in [-0.1, -0.05) is 11.3 Å². The van der Waals surface area contributed by atoms with Gasteiger partial charge in [0.15, 0.2) is 5.13 Å². The van der Waals surface area contributed by atoms with Gasteiger partial charge in [-0.15, -0.1) is 11.3 Å². The molecule has 0 fully saturated rings. The molecule has 0 radical (unpaired) electrons. The molecule has 4 rings (SSSR count). The molecule has 0 aliphatic heterocycles. The minimum atomic E-state index is -0.443. The van der Waals surface area contributed by atoms with Crippen LogP contribution < -0.4 is 5.32 Å². The number of nitro groups is 1. The number of anilines is 1. The Kier molecular flexibility index (Phi) is 3.93. The minimum Gasteiger partial charge on any atom is -0.297 e. The van der Waals surface area contributed by atoms with E-state index >= 15 is 0 Å². The van der Waals surface area contributed by atoms with Crippen molar-refractivity contribution < 1.29 is 9.72 Å². The third-order valence-electron chi connectivity index (χ3n) is 4.16. The lowest BCUT2D eigenvalue weighted by molar-refractivity contribution is -0.384. The van der Waals surface area contributed by atoms with Crippen LogP contribution in [-0.4, -0.2) is 15.8 Å². The van der Waals surface area contributed by atoms with Crippen LogP contribution in [0.3, 0.4) is 0 Å². The SMILES string of the molecule is Cc1cc2nc(NC(=O)c3cc4cc([N+](=O)[O-])ccc4s3)sc2cc1C. The van der Waals surface area contributed by atoms with Crippen LogP contribution in [0.1, 0.15) is 20.8 Å². The molecule has 0 saturated heterocycles. The van der Waals surface area contributed by atoms with Crippen molar-refractivity contribution in [2.45, 2.75) is 13.8 Å². The summed E-state index contributed by atoms with van der Waals surface area (Å²) in [6, 6.07) is 10.3. The van der Waals surface area contributed by atoms with Gasteiger partial charge in [0.05, 0.1) is 20.0 Å². The maximum atomic E-state index is 12.5. The van der Waals surface area contributed by atoms with E-state index in [0.29, 0.717) is 15.4 Å². The molecule has 2 heterocycles. The topological polar surface area (TPSA) is 85.1 Å². The zero-order valence-electron chi connectivity index (χ0n) is 13.9. The number of nitrogens with zero attached hydrogens (tertiary/aromatic N) is 2. The van der Waals surface area contributed by atoms with Crippen molar-refractivity contribution in [3.8, 4) is 0 Å². The Morgan fingerprint density at radius 1 is 1.08 bits per heavy atom. The predicted octanol–water partition coefficient (Wildman–Crippen LogP) is 5.29. The summed E-state index contributed by atoms with van der Waals surface area (Å²) in [6.07, 6.45) is 0. The van der Waals surface area contributed by atoms with Gasteiger partial charge in [0.25, 0.3) is 11.6 Å². The van der Waals surface area contributed by atoms with Crippen molar-refractivity contribution in [2.75, 3.05) is 5.32 Å². The molecule has 8 heteroatoms. The standard InChI is InChI=1S/C18H13N3O3S2/c1-9-5-13-15(6-10(9)2)26-18(19-13)20-17(22)16-8-11-7-12(21(23)24)3-4-14(11)25-16/h3-8H,1-2H3,(H,19,20,22). The fourth-order valence-corrected chi connectivity index (χ4v) is 4.53. The Morgan fingerprint density at radius 3 is 2.62 bits per heavy atom. The molecule has 0 saturated carbocycles. The summed E-state index contributed by atoms with van der Waals surface area (Å²) in [5.74, 6) is -0.263. The highest BCUT2D eigenvalue weighted by Crippen LogP contribution is 2.31. The van der Waals surface area contributed by atoms with Gasteiger partial charge >= 0.3 is 0 Å². The molecule has 1 N–H and O–H groups in total. The summed E-state index contributed by atoms with van der Waals surface area (Å²) < 4.78 is 1.85. The van der Waals surface area contributed by atoms with Crippen LogP contribution >= 0.6 is 22.7 Å². The Bertz CT molecular complexity index is 1150. The van der Waals surface area contributed by atoms with Crippen molar-refractivity contribution >= 4 is 59.7 Å². The lowest BCUT2D eigenvalue weighted by atomic mass is 10.1. The summed E-state index contributed by atoms with van der Waals surface area (Å²) in [6.45, 7) is 4.08. The highest BCUT2D eigenvalue weighted by molar-refractivity contribution is 7.23. The smallest absolute Gasteiger partial charge is 0.270 e. The Labute approximate surface area is 156 Å². The molecular formula is C18H13N3O3S2. The molecule has 0 unspecified atom stereocenters. The number of aromatic nitrogens is 1. The van der Waals surface area contributed by atoms with Crippen LogP contribution in [0.25, 0.3) is 20.3 Å². The van der Waals surface area contributed by atoms with Crippen LogP contribution in [0.5, 0.6) is 0 Å². The Balaban J connectivity index is 1.63. The fourth-order valence-electron chi connectivity index (χ4n) is 2.65. The largest absolute Gasteiger partial charge is 0.297 e. The molecule has 0 aliphatic rings. The molecule has 2 aromatic heterocycles. The zero-order chi connectivity index (χ0) is 18.4. The number of benzene rings is 2. The van der Waals surface area contributed by atoms with E-state index in [2.05, 4.69) is 16.4 Å². The number of rotatable bonds is 3. The van der Waals surface area contributed by atoms with E-state index in [9.17, 15) is 14.9 Å². The number of aryl methyl sites for hydroxylation is 2. The van der Waals surface area contributed by atoms with E-state index in [0.717, 1.165) is 20.5 Å². The van der Waals surface area contributed by atoms with Gasteiger partial charge in [-0.05, 0) is 49.2 Å². The third kappa shape index (κ3) is 2.93. The zero-order valence-corrected chi connectivity index (χ0v) is 15.5. The second-order valence-electron chi connectivity index (χ2n) is 5.97. The number of amides is 1. The molecular weight excluding hydrogens is 370 g/mol. The molecule has 130 valence electrons. The van der Waals surface area contributed by atoms with E-state index in [1.807, 2.05) is 19.9 Å². The molecule has 0 bridgehead atoms. The second-order valence-corrected chi connectivity index (χ2v) is 8.08. The number of thiazole rings is 1. The first-order valence-electron chi connectivity index (χ1n) is 7.78. The van der Waals surface area contributed by atoms with Crippen LogP contribution in [0, 0.1) is 24.0 Å². The number of nitro benzene ring substituents is 1. The summed E-state index contributed by atoms with van der Waals surface area (Å²) >= 11 is 2.73. The number of carbonyl (C=O) groups excluding carboxylic acids is 1. The summed E-state index contributed by atoms with van der Waals surface area (Å²) in [5.41, 5.74) is 3.22. The predicted molar refractivity (Wildman–Crippen MR) is 106 cm³/mol. The van der Waals surface area contributed by atoms with E-state index in [1.54, 1.807) is 12.1 Å². The summed E-state index contributed by atoms with van der Waals surface area (Å²) in [5, 5.41) is 14.9. The molecule has 0 atom stereocenters. The molecule has 2 aromatic carbocycles. The van der Waals surface area contributed by atoms with E-state index in [1.165, 1.54) is 40.4 Å². The van der Waals surface area contributed by atoms with E-state index in [4.69, 9.17) is 0 Å². The van der Waals surface area contributed by atoms with Crippen molar-refractivity contribution in [1.82, 2.24) is 4.98 Å². The summed E-state index contributed by atoms with van der Waals surface area (Å²) in [4.78, 5) is 28.0. The summed E-state index contributed by atoms with van der Waals surface area (Å²) in [7, 11) is 0. The number of hydrogen-bond donors (Lipinski definition) is 1. The molecule has 4 aromatic rings. The highest BCUT2D eigenvalue weighted by atomic mass is 32.1. The second kappa shape index (κ2) is 6.15. The lowest BCUT2D eigenvalue weighted by Gasteiger charge is -1.97. The van der Waals surface area contributed by atoms with Crippen LogP contribution in [-0.2, 0) is 0 Å². The van der Waals surface area contributed by atoms with Crippen molar-refractivity contribution in [1.29, 1.82) is 0 Å². The molecule has 0 aliphatic carbocycles. The van der Waals surface area contributed by atoms with Gasteiger partial charge < -0.3 is 0 Å². The van der Waals surface area contributed by atoms with Crippen LogP contribution in [0.4, 0.5) is 10.8 Å². The molecule has 1 amide bonds. The van der Waals surface area contributed by atoms with Gasteiger partial charge in [0, 0.05) is 22.2 Å². The van der Waals surface area contributed by atoms with Gasteiger partial charge in [-0.2, -0.15) is 0 Å². The van der Waals surface area contributed by atoms with Crippen molar-refractivity contribution in [3.05, 3.63) is 62.5 Å². The minimum absolute atomic E-state index is 0.0131. The quantitative estimate of drug-likeness (QED) is 0.385. The molecule has 0 spiro atoms. The van der Waals surface area contributed by atoms with Gasteiger partial charge in [-0.3, -0.25) is 20.2 Å². The highest BCUT2D eigenvalue weighted by Gasteiger charge is 2.15. The number of thiophene rings is 1. The monoisotopic (exact) mass is 383 g/mol. The average molecular weight is 383 g/mol. The van der Waals surface area contributed by atoms with E-state index < -0.39 is 4.92 Å². The van der Waals surface area contributed by atoms with E-state index in [-0.39, 0.29) is 11.6 Å². The fraction of sp³-hybridized carbons (Fsp3) is 0.111. The lowest BCUT2D eigenvalue weighted by Crippen LogP contribution is -2.09. The van der Waals surface area contributed by atoms with Gasteiger partial charge in [0.2, 0.25) is 0 Å². The molecule has 6 nitrogen and oxygen atoms in total. The Hall–Kier alpha value is -2.84. The first-order valence-corrected chi connectivity index (χ1v) is 9.41. The third-order valence-corrected chi connectivity index (χ3v) is 6.21. The average Bonchev–Trinajstić information content (AvgIpc) is 3.17. The van der Waals surface area contributed by atoms with Crippen molar-refractivity contribution in [3.63, 3.8) is 0 Å². The maximum absolute atomic E-state index is 12.5. The van der Waals surface area contributed by atoms with Crippen LogP contribution in [0.2, 0.25) is 0 Å². The normalized spacial score (nSPS) is 11.2. The number of non-ortho nitro benzene ring substituents is 1.